The van der Waals surface area contributed by atoms with Crippen molar-refractivity contribution >= 4 is 22.6 Å². The maximum Gasteiger partial charge on any atom is 0.225 e. The number of hydrogen-bond donors (Lipinski definition) is 0. The zero-order chi connectivity index (χ0) is 16.7. The molecule has 23 heavy (non-hydrogen) atoms. The van der Waals surface area contributed by atoms with Gasteiger partial charge in [0.25, 0.3) is 0 Å². The molecule has 0 bridgehead atoms. The van der Waals surface area contributed by atoms with Gasteiger partial charge in [0.15, 0.2) is 0 Å². The van der Waals surface area contributed by atoms with E-state index in [0.29, 0.717) is 19.6 Å². The van der Waals surface area contributed by atoms with E-state index in [0.717, 1.165) is 35.7 Å². The van der Waals surface area contributed by atoms with E-state index >= 15 is 0 Å². The summed E-state index contributed by atoms with van der Waals surface area (Å²) in [7, 11) is 0. The Bertz CT molecular complexity index is 496. The lowest BCUT2D eigenvalue weighted by Gasteiger charge is -2.31. The fourth-order valence-corrected chi connectivity index (χ4v) is 4.33. The Morgan fingerprint density at radius 2 is 2.17 bits per heavy atom. The van der Waals surface area contributed by atoms with E-state index in [9.17, 15) is 10.1 Å². The third-order valence-electron chi connectivity index (χ3n) is 5.10. The summed E-state index contributed by atoms with van der Waals surface area (Å²) in [6.07, 6.45) is 4.28. The molecule has 1 aliphatic carbocycles. The van der Waals surface area contributed by atoms with E-state index in [1.54, 1.807) is 0 Å². The average molecular weight is 431 g/mol. The van der Waals surface area contributed by atoms with Crippen molar-refractivity contribution in [2.24, 2.45) is 11.8 Å². The van der Waals surface area contributed by atoms with Crippen molar-refractivity contribution in [2.45, 2.75) is 51.2 Å². The van der Waals surface area contributed by atoms with Crippen LogP contribution < -0.4 is 0 Å². The molecule has 2 rings (SSSR count). The Labute approximate surface area is 152 Å². The second kappa shape index (κ2) is 8.97. The predicted molar refractivity (Wildman–Crippen MR) is 100 cm³/mol. The largest absolute Gasteiger partial charge is 0.376 e. The topological polar surface area (TPSA) is 52.4 Å². The Morgan fingerprint density at radius 3 is 2.83 bits per heavy atom. The summed E-state index contributed by atoms with van der Waals surface area (Å²) >= 11 is 2.31. The minimum atomic E-state index is -0.722. The van der Waals surface area contributed by atoms with E-state index < -0.39 is 5.54 Å². The number of nitro groups is 1. The van der Waals surface area contributed by atoms with Gasteiger partial charge < -0.3 is 4.74 Å². The minimum absolute atomic E-state index is 0.0185. The molecule has 4 nitrogen and oxygen atoms in total. The van der Waals surface area contributed by atoms with Crippen LogP contribution in [0.4, 0.5) is 0 Å². The van der Waals surface area contributed by atoms with Crippen LogP contribution in [0.15, 0.2) is 30.3 Å². The van der Waals surface area contributed by atoms with Crippen LogP contribution in [-0.2, 0) is 11.3 Å². The minimum Gasteiger partial charge on any atom is -0.376 e. The number of nitrogens with zero attached hydrogens (tertiary/aromatic N) is 1. The Kier molecular flexibility index (Phi) is 7.27. The van der Waals surface area contributed by atoms with Crippen molar-refractivity contribution in [1.82, 2.24) is 0 Å². The molecule has 0 aromatic heterocycles. The van der Waals surface area contributed by atoms with Gasteiger partial charge in [0, 0.05) is 23.7 Å². The molecule has 1 fully saturated rings. The van der Waals surface area contributed by atoms with Crippen LogP contribution in [0, 0.1) is 22.0 Å². The van der Waals surface area contributed by atoms with Gasteiger partial charge >= 0.3 is 0 Å². The molecule has 1 aromatic carbocycles. The van der Waals surface area contributed by atoms with Crippen molar-refractivity contribution in [3.05, 3.63) is 46.0 Å². The lowest BCUT2D eigenvalue weighted by atomic mass is 9.77. The summed E-state index contributed by atoms with van der Waals surface area (Å²) in [5.74, 6) is 0.358. The molecule has 3 atom stereocenters. The number of rotatable bonds is 9. The molecule has 1 aliphatic rings. The van der Waals surface area contributed by atoms with Crippen LogP contribution in [0.2, 0.25) is 0 Å². The highest BCUT2D eigenvalue weighted by Crippen LogP contribution is 2.45. The van der Waals surface area contributed by atoms with Crippen LogP contribution in [0.25, 0.3) is 0 Å². The van der Waals surface area contributed by atoms with Crippen molar-refractivity contribution in [3.8, 4) is 0 Å². The standard InChI is InChI=1S/C18H26INO3/c1-15(13-23-14-16-7-3-2-4-8-16)17-9-5-10-18(17,20(21)22)11-6-12-19/h2-4,7-8,15,17H,5-6,9-14H2,1H3/t15-,17+,18-/m0/s1. The van der Waals surface area contributed by atoms with Gasteiger partial charge in [-0.3, -0.25) is 10.1 Å². The van der Waals surface area contributed by atoms with Crippen LogP contribution in [0.1, 0.15) is 44.6 Å². The number of alkyl halides is 1. The molecule has 1 aromatic rings. The molecule has 128 valence electrons. The zero-order valence-corrected chi connectivity index (χ0v) is 15.9. The van der Waals surface area contributed by atoms with E-state index in [4.69, 9.17) is 4.74 Å². The molecule has 0 aliphatic heterocycles. The number of hydrogen-bond acceptors (Lipinski definition) is 3. The molecular formula is C18H26INO3. The molecule has 0 saturated heterocycles. The van der Waals surface area contributed by atoms with Gasteiger partial charge in [0.1, 0.15) is 0 Å². The normalized spacial score (nSPS) is 25.4. The third-order valence-corrected chi connectivity index (χ3v) is 5.86. The van der Waals surface area contributed by atoms with Gasteiger partial charge in [-0.25, -0.2) is 0 Å². The number of halogens is 1. The number of benzene rings is 1. The predicted octanol–water partition coefficient (Wildman–Crippen LogP) is 4.87. The zero-order valence-electron chi connectivity index (χ0n) is 13.7. The average Bonchev–Trinajstić information content (AvgIpc) is 2.99. The molecule has 0 unspecified atom stereocenters. The van der Waals surface area contributed by atoms with Crippen LogP contribution in [-0.4, -0.2) is 21.5 Å². The van der Waals surface area contributed by atoms with Crippen LogP contribution in [0.3, 0.4) is 0 Å². The maximum absolute atomic E-state index is 11.8. The summed E-state index contributed by atoms with van der Waals surface area (Å²) in [5.41, 5.74) is 0.428. The fraction of sp³-hybridized carbons (Fsp3) is 0.667. The quantitative estimate of drug-likeness (QED) is 0.243. The molecule has 0 radical (unpaired) electrons. The van der Waals surface area contributed by atoms with Crippen molar-refractivity contribution < 1.29 is 9.66 Å². The van der Waals surface area contributed by atoms with Crippen LogP contribution in [0.5, 0.6) is 0 Å². The Balaban J connectivity index is 1.93. The van der Waals surface area contributed by atoms with E-state index in [1.165, 1.54) is 0 Å². The van der Waals surface area contributed by atoms with Crippen molar-refractivity contribution in [1.29, 1.82) is 0 Å². The fourth-order valence-electron chi connectivity index (χ4n) is 3.95. The molecule has 5 heteroatoms. The Morgan fingerprint density at radius 1 is 1.43 bits per heavy atom. The molecule has 1 saturated carbocycles. The van der Waals surface area contributed by atoms with E-state index in [2.05, 4.69) is 29.5 Å². The lowest BCUT2D eigenvalue weighted by molar-refractivity contribution is -0.581. The van der Waals surface area contributed by atoms with Gasteiger partial charge in [-0.15, -0.1) is 0 Å². The second-order valence-corrected chi connectivity index (χ2v) is 7.71. The van der Waals surface area contributed by atoms with E-state index in [-0.39, 0.29) is 16.8 Å². The highest BCUT2D eigenvalue weighted by Gasteiger charge is 2.54. The summed E-state index contributed by atoms with van der Waals surface area (Å²) in [6, 6.07) is 10.1. The summed E-state index contributed by atoms with van der Waals surface area (Å²) in [4.78, 5) is 11.8. The first-order valence-electron chi connectivity index (χ1n) is 8.42. The van der Waals surface area contributed by atoms with Gasteiger partial charge in [-0.05, 0) is 35.2 Å². The molecule has 0 amide bonds. The highest BCUT2D eigenvalue weighted by molar-refractivity contribution is 14.1. The van der Waals surface area contributed by atoms with Crippen LogP contribution >= 0.6 is 22.6 Å². The first-order valence-corrected chi connectivity index (χ1v) is 9.95. The number of ether oxygens (including phenoxy) is 1. The molecule has 0 heterocycles. The first-order chi connectivity index (χ1) is 11.1. The summed E-state index contributed by atoms with van der Waals surface area (Å²) in [5, 5.41) is 11.8. The van der Waals surface area contributed by atoms with Gasteiger partial charge in [0.05, 0.1) is 13.2 Å². The molecular weight excluding hydrogens is 405 g/mol. The molecule has 0 spiro atoms. The summed E-state index contributed by atoms with van der Waals surface area (Å²) in [6.45, 7) is 3.29. The third kappa shape index (κ3) is 4.66. The van der Waals surface area contributed by atoms with Crippen molar-refractivity contribution in [2.75, 3.05) is 11.0 Å². The second-order valence-electron chi connectivity index (χ2n) is 6.63. The molecule has 0 N–H and O–H groups in total. The smallest absolute Gasteiger partial charge is 0.225 e. The van der Waals surface area contributed by atoms with Gasteiger partial charge in [-0.1, -0.05) is 59.8 Å². The summed E-state index contributed by atoms with van der Waals surface area (Å²) < 4.78 is 6.83. The van der Waals surface area contributed by atoms with Crippen molar-refractivity contribution in [3.63, 3.8) is 0 Å². The Hall–Kier alpha value is -0.690. The van der Waals surface area contributed by atoms with E-state index in [1.807, 2.05) is 30.3 Å². The lowest BCUT2D eigenvalue weighted by Crippen LogP contribution is -2.45. The maximum atomic E-state index is 11.8. The SMILES string of the molecule is C[C@@H](COCc1ccccc1)[C@H]1CCC[C@@]1(CCCI)[N+](=O)[O-]. The van der Waals surface area contributed by atoms with Gasteiger partial charge in [-0.2, -0.15) is 0 Å². The monoisotopic (exact) mass is 431 g/mol. The van der Waals surface area contributed by atoms with Gasteiger partial charge in [0.2, 0.25) is 5.54 Å². The highest BCUT2D eigenvalue weighted by atomic mass is 127. The first kappa shape index (κ1) is 18.6.